The zero-order chi connectivity index (χ0) is 25.5. The minimum atomic E-state index is -0.159. The van der Waals surface area contributed by atoms with Crippen LogP contribution in [0.15, 0.2) is 60.0 Å². The first-order chi connectivity index (χ1) is 18.0. The molecule has 1 aliphatic heterocycles. The Balaban J connectivity index is 1.34. The molecule has 0 amide bonds. The highest BCUT2D eigenvalue weighted by molar-refractivity contribution is 5.77. The Morgan fingerprint density at radius 2 is 1.86 bits per heavy atom. The zero-order valence-corrected chi connectivity index (χ0v) is 21.4. The van der Waals surface area contributed by atoms with E-state index in [1.54, 1.807) is 21.6 Å². The van der Waals surface area contributed by atoms with Crippen molar-refractivity contribution in [3.8, 4) is 5.82 Å². The highest BCUT2D eigenvalue weighted by Crippen LogP contribution is 2.32. The molecule has 37 heavy (non-hydrogen) atoms. The van der Waals surface area contributed by atoms with E-state index in [0.717, 1.165) is 50.4 Å². The topological polar surface area (TPSA) is 84.1 Å². The second-order valence-corrected chi connectivity index (χ2v) is 10.0. The second kappa shape index (κ2) is 9.48. The molecule has 3 aromatic heterocycles. The number of nitrogens with one attached hydrogen (secondary N) is 1. The molecule has 4 heterocycles. The minimum absolute atomic E-state index is 0.159. The number of benzene rings is 1. The Kier molecular flexibility index (Phi) is 6.00. The maximum Gasteiger partial charge on any atom is 0.278 e. The SMILES string of the molecule is C=CCn1c(=O)c2cnc(Nc3ccc(N4CCN(C)CC4)cc3)nc2n1-c1ccc2c(n1)C(C)CC2. The van der Waals surface area contributed by atoms with Crippen LogP contribution in [0.25, 0.3) is 16.9 Å². The predicted octanol–water partition coefficient (Wildman–Crippen LogP) is 3.71. The number of aromatic nitrogens is 5. The third-order valence-corrected chi connectivity index (χ3v) is 7.50. The zero-order valence-electron chi connectivity index (χ0n) is 21.4. The lowest BCUT2D eigenvalue weighted by molar-refractivity contribution is 0.313. The van der Waals surface area contributed by atoms with Crippen LogP contribution in [0.2, 0.25) is 0 Å². The molecule has 2 aliphatic rings. The average Bonchev–Trinajstić information content (AvgIpc) is 3.41. The highest BCUT2D eigenvalue weighted by atomic mass is 16.1. The van der Waals surface area contributed by atoms with Crippen LogP contribution in [0.4, 0.5) is 17.3 Å². The summed E-state index contributed by atoms with van der Waals surface area (Å²) in [6, 6.07) is 12.4. The van der Waals surface area contributed by atoms with Gasteiger partial charge in [-0.25, -0.2) is 19.3 Å². The van der Waals surface area contributed by atoms with Crippen molar-refractivity contribution in [3.05, 3.63) is 76.9 Å². The molecule has 190 valence electrons. The van der Waals surface area contributed by atoms with Crippen molar-refractivity contribution in [1.82, 2.24) is 29.2 Å². The Hall–Kier alpha value is -3.98. The van der Waals surface area contributed by atoms with Crippen molar-refractivity contribution in [2.24, 2.45) is 0 Å². The first kappa shape index (κ1) is 23.4. The van der Waals surface area contributed by atoms with Crippen LogP contribution in [-0.2, 0) is 13.0 Å². The van der Waals surface area contributed by atoms with Crippen LogP contribution in [0, 0.1) is 0 Å². The molecule has 1 saturated heterocycles. The van der Waals surface area contributed by atoms with Crippen LogP contribution >= 0.6 is 0 Å². The lowest BCUT2D eigenvalue weighted by atomic mass is 10.1. The molecule has 1 atom stereocenters. The van der Waals surface area contributed by atoms with Gasteiger partial charge in [-0.3, -0.25) is 4.79 Å². The van der Waals surface area contributed by atoms with Gasteiger partial charge in [-0.05, 0) is 61.7 Å². The van der Waals surface area contributed by atoms with E-state index in [2.05, 4.69) is 58.9 Å². The standard InChI is InChI=1S/C28H32N8O/c1-4-13-35-27(37)23-18-29-28(30-21-8-10-22(11-9-21)34-16-14-33(3)15-17-34)32-26(23)36(35)24-12-7-20-6-5-19(2)25(20)31-24/h4,7-12,18-19H,1,5-6,13-17H2,2-3H3,(H,29,30,32). The largest absolute Gasteiger partial charge is 0.369 e. The summed E-state index contributed by atoms with van der Waals surface area (Å²) in [5, 5.41) is 3.76. The second-order valence-electron chi connectivity index (χ2n) is 10.0. The molecule has 9 heteroatoms. The summed E-state index contributed by atoms with van der Waals surface area (Å²) in [5.74, 6) is 1.51. The van der Waals surface area contributed by atoms with E-state index in [-0.39, 0.29) is 5.56 Å². The van der Waals surface area contributed by atoms with E-state index < -0.39 is 0 Å². The number of nitrogens with zero attached hydrogens (tertiary/aromatic N) is 7. The quantitative estimate of drug-likeness (QED) is 0.408. The number of allylic oxidation sites excluding steroid dienone is 1. The first-order valence-corrected chi connectivity index (χ1v) is 12.9. The summed E-state index contributed by atoms with van der Waals surface area (Å²) in [4.78, 5) is 32.2. The normalized spacial score (nSPS) is 17.8. The van der Waals surface area contributed by atoms with Crippen molar-refractivity contribution in [1.29, 1.82) is 0 Å². The number of likely N-dealkylation sites (N-methyl/N-ethyl adjacent to an activating group) is 1. The summed E-state index contributed by atoms with van der Waals surface area (Å²) < 4.78 is 3.42. The third-order valence-electron chi connectivity index (χ3n) is 7.50. The lowest BCUT2D eigenvalue weighted by Crippen LogP contribution is -2.44. The Labute approximate surface area is 216 Å². The maximum atomic E-state index is 13.2. The summed E-state index contributed by atoms with van der Waals surface area (Å²) in [6.07, 6.45) is 5.44. The fraction of sp³-hybridized carbons (Fsp3) is 0.357. The van der Waals surface area contributed by atoms with Gasteiger partial charge < -0.3 is 15.1 Å². The van der Waals surface area contributed by atoms with Crippen molar-refractivity contribution >= 4 is 28.4 Å². The minimum Gasteiger partial charge on any atom is -0.369 e. The van der Waals surface area contributed by atoms with Crippen LogP contribution in [-0.4, -0.2) is 62.4 Å². The number of rotatable bonds is 6. The van der Waals surface area contributed by atoms with Gasteiger partial charge in [0.2, 0.25) is 5.95 Å². The maximum absolute atomic E-state index is 13.2. The van der Waals surface area contributed by atoms with E-state index in [1.165, 1.54) is 11.3 Å². The molecule has 9 nitrogen and oxygen atoms in total. The van der Waals surface area contributed by atoms with E-state index in [0.29, 0.717) is 35.3 Å². The van der Waals surface area contributed by atoms with Crippen molar-refractivity contribution in [2.75, 3.05) is 43.4 Å². The first-order valence-electron chi connectivity index (χ1n) is 12.9. The van der Waals surface area contributed by atoms with Crippen LogP contribution in [0.5, 0.6) is 0 Å². The molecule has 1 aromatic carbocycles. The Morgan fingerprint density at radius 1 is 1.08 bits per heavy atom. The molecule has 1 fully saturated rings. The van der Waals surface area contributed by atoms with Crippen molar-refractivity contribution in [2.45, 2.75) is 32.2 Å². The fourth-order valence-corrected chi connectivity index (χ4v) is 5.32. The molecule has 1 unspecified atom stereocenters. The van der Waals surface area contributed by atoms with Crippen molar-refractivity contribution in [3.63, 3.8) is 0 Å². The average molecular weight is 497 g/mol. The summed E-state index contributed by atoms with van der Waals surface area (Å²) in [6.45, 7) is 10.6. The lowest BCUT2D eigenvalue weighted by Gasteiger charge is -2.34. The fourth-order valence-electron chi connectivity index (χ4n) is 5.32. The number of fused-ring (bicyclic) bond motifs is 2. The van der Waals surface area contributed by atoms with Gasteiger partial charge in [0.15, 0.2) is 11.5 Å². The molecule has 0 bridgehead atoms. The Morgan fingerprint density at radius 3 is 2.62 bits per heavy atom. The Bertz CT molecular complexity index is 1510. The highest BCUT2D eigenvalue weighted by Gasteiger charge is 2.23. The molecule has 1 N–H and O–H groups in total. The van der Waals surface area contributed by atoms with Gasteiger partial charge in [0, 0.05) is 49.4 Å². The molecular formula is C28H32N8O. The molecule has 4 aromatic rings. The number of piperazine rings is 1. The molecule has 0 radical (unpaired) electrons. The van der Waals surface area contributed by atoms with Crippen molar-refractivity contribution < 1.29 is 0 Å². The summed E-state index contributed by atoms with van der Waals surface area (Å²) in [5.41, 5.74) is 4.85. The van der Waals surface area contributed by atoms with E-state index in [4.69, 9.17) is 9.97 Å². The number of hydrogen-bond acceptors (Lipinski definition) is 7. The van der Waals surface area contributed by atoms with Gasteiger partial charge in [-0.1, -0.05) is 19.1 Å². The molecule has 6 rings (SSSR count). The van der Waals surface area contributed by atoms with Crippen LogP contribution in [0.3, 0.4) is 0 Å². The molecule has 0 spiro atoms. The predicted molar refractivity (Wildman–Crippen MR) is 147 cm³/mol. The van der Waals surface area contributed by atoms with E-state index >= 15 is 0 Å². The summed E-state index contributed by atoms with van der Waals surface area (Å²) >= 11 is 0. The van der Waals surface area contributed by atoms with E-state index in [1.807, 2.05) is 18.2 Å². The summed E-state index contributed by atoms with van der Waals surface area (Å²) in [7, 11) is 2.16. The monoisotopic (exact) mass is 496 g/mol. The van der Waals surface area contributed by atoms with Gasteiger partial charge in [-0.2, -0.15) is 4.98 Å². The van der Waals surface area contributed by atoms with Crippen LogP contribution in [0.1, 0.15) is 30.5 Å². The van der Waals surface area contributed by atoms with Gasteiger partial charge >= 0.3 is 0 Å². The van der Waals surface area contributed by atoms with Crippen LogP contribution < -0.4 is 15.8 Å². The van der Waals surface area contributed by atoms with Gasteiger partial charge in [0.1, 0.15) is 5.39 Å². The van der Waals surface area contributed by atoms with E-state index in [9.17, 15) is 4.79 Å². The molecule has 0 saturated carbocycles. The number of pyridine rings is 1. The number of anilines is 3. The molecule has 1 aliphatic carbocycles. The smallest absolute Gasteiger partial charge is 0.278 e. The molecular weight excluding hydrogens is 464 g/mol. The number of aryl methyl sites for hydroxylation is 1. The third kappa shape index (κ3) is 4.29. The van der Waals surface area contributed by atoms with Gasteiger partial charge in [-0.15, -0.1) is 6.58 Å². The van der Waals surface area contributed by atoms with Gasteiger partial charge in [0.05, 0.1) is 6.54 Å². The van der Waals surface area contributed by atoms with Gasteiger partial charge in [0.25, 0.3) is 5.56 Å². The number of hydrogen-bond donors (Lipinski definition) is 1.